The second-order valence-electron chi connectivity index (χ2n) is 5.01. The first-order valence-electron chi connectivity index (χ1n) is 6.99. The molecule has 0 bridgehead atoms. The largest absolute Gasteiger partial charge is 0.508 e. The number of hydrogen-bond donors (Lipinski definition) is 3. The smallest absolute Gasteiger partial charge is 0.269 e. The first-order valence-corrected chi connectivity index (χ1v) is 6.99. The summed E-state index contributed by atoms with van der Waals surface area (Å²) in [6.07, 6.45) is 1.42. The average molecular weight is 311 g/mol. The Hall–Kier alpha value is -3.15. The van der Waals surface area contributed by atoms with Gasteiger partial charge in [0, 0.05) is 12.1 Å². The molecule has 3 N–H and O–H groups in total. The number of imidazole rings is 1. The molecule has 3 aromatic rings. The van der Waals surface area contributed by atoms with Gasteiger partial charge >= 0.3 is 0 Å². The molecule has 0 aliphatic rings. The predicted octanol–water partition coefficient (Wildman–Crippen LogP) is 2.85. The van der Waals surface area contributed by atoms with Gasteiger partial charge in [-0.2, -0.15) is 0 Å². The number of carbonyl (C=O) groups is 1. The maximum atomic E-state index is 13.1. The molecule has 5 nitrogen and oxygen atoms in total. The third kappa shape index (κ3) is 3.55. The van der Waals surface area contributed by atoms with Crippen LogP contribution in [0.2, 0.25) is 0 Å². The second-order valence-corrected chi connectivity index (χ2v) is 5.01. The molecule has 0 saturated carbocycles. The molecule has 1 heterocycles. The maximum absolute atomic E-state index is 13.1. The van der Waals surface area contributed by atoms with Gasteiger partial charge in [0.25, 0.3) is 5.91 Å². The summed E-state index contributed by atoms with van der Waals surface area (Å²) in [6.45, 7) is 0.219. The molecule has 0 aliphatic carbocycles. The summed E-state index contributed by atoms with van der Waals surface area (Å²) < 4.78 is 13.1. The minimum absolute atomic E-state index is 0.121. The number of halogens is 1. The van der Waals surface area contributed by atoms with Gasteiger partial charge in [-0.15, -0.1) is 0 Å². The lowest BCUT2D eigenvalue weighted by molar-refractivity contribution is 0.0946. The van der Waals surface area contributed by atoms with E-state index in [0.717, 1.165) is 0 Å². The molecule has 0 spiro atoms. The van der Waals surface area contributed by atoms with Gasteiger partial charge in [0.15, 0.2) is 0 Å². The zero-order valence-electron chi connectivity index (χ0n) is 12.1. The maximum Gasteiger partial charge on any atom is 0.269 e. The van der Waals surface area contributed by atoms with E-state index in [0.29, 0.717) is 22.6 Å². The summed E-state index contributed by atoms with van der Waals surface area (Å²) in [5, 5.41) is 12.2. The number of nitrogens with zero attached hydrogens (tertiary/aromatic N) is 1. The highest BCUT2D eigenvalue weighted by atomic mass is 19.1. The van der Waals surface area contributed by atoms with Crippen molar-refractivity contribution in [3.63, 3.8) is 0 Å². The van der Waals surface area contributed by atoms with Gasteiger partial charge in [-0.25, -0.2) is 9.37 Å². The molecule has 0 aliphatic heterocycles. The number of aromatic amines is 1. The monoisotopic (exact) mass is 311 g/mol. The Kier molecular flexibility index (Phi) is 4.05. The highest BCUT2D eigenvalue weighted by Crippen LogP contribution is 2.20. The first kappa shape index (κ1) is 14.8. The van der Waals surface area contributed by atoms with Crippen molar-refractivity contribution in [3.8, 4) is 17.1 Å². The lowest BCUT2D eigenvalue weighted by Gasteiger charge is -2.04. The molecule has 0 unspecified atom stereocenters. The lowest BCUT2D eigenvalue weighted by atomic mass is 10.2. The Morgan fingerprint density at radius 3 is 2.83 bits per heavy atom. The highest BCUT2D eigenvalue weighted by molar-refractivity contribution is 5.92. The lowest BCUT2D eigenvalue weighted by Crippen LogP contribution is -2.23. The standard InChI is InChI=1S/C17H14FN3O2/c18-13-5-1-3-11(7-13)9-20-17(23)15-10-19-16(21-15)12-4-2-6-14(22)8-12/h1-8,10,22H,9H2,(H,19,21)(H,20,23). The SMILES string of the molecule is O=C(NCc1cccc(F)c1)c1cnc(-c2cccc(O)c2)[nH]1. The number of aromatic nitrogens is 2. The number of hydrogen-bond acceptors (Lipinski definition) is 3. The zero-order chi connectivity index (χ0) is 16.2. The fourth-order valence-electron chi connectivity index (χ4n) is 2.16. The van der Waals surface area contributed by atoms with Crippen LogP contribution in [-0.2, 0) is 6.54 Å². The molecule has 6 heteroatoms. The van der Waals surface area contributed by atoms with Crippen LogP contribution in [0.15, 0.2) is 54.7 Å². The molecule has 0 radical (unpaired) electrons. The van der Waals surface area contributed by atoms with Crippen molar-refractivity contribution < 1.29 is 14.3 Å². The normalized spacial score (nSPS) is 10.5. The fourth-order valence-corrected chi connectivity index (χ4v) is 2.16. The molecular weight excluding hydrogens is 297 g/mol. The van der Waals surface area contributed by atoms with Crippen molar-refractivity contribution >= 4 is 5.91 Å². The van der Waals surface area contributed by atoms with Gasteiger partial charge in [-0.3, -0.25) is 4.79 Å². The van der Waals surface area contributed by atoms with Crippen molar-refractivity contribution in [2.24, 2.45) is 0 Å². The number of H-pyrrole nitrogens is 1. The van der Waals surface area contributed by atoms with Gasteiger partial charge < -0.3 is 15.4 Å². The Balaban J connectivity index is 1.69. The number of nitrogens with one attached hydrogen (secondary N) is 2. The van der Waals surface area contributed by atoms with Gasteiger partial charge in [0.1, 0.15) is 23.1 Å². The molecule has 1 aromatic heterocycles. The second kappa shape index (κ2) is 6.31. The molecule has 116 valence electrons. The van der Waals surface area contributed by atoms with Crippen LogP contribution in [0.3, 0.4) is 0 Å². The highest BCUT2D eigenvalue weighted by Gasteiger charge is 2.11. The molecule has 23 heavy (non-hydrogen) atoms. The Morgan fingerprint density at radius 1 is 1.22 bits per heavy atom. The predicted molar refractivity (Wildman–Crippen MR) is 83.3 cm³/mol. The van der Waals surface area contributed by atoms with Crippen molar-refractivity contribution in [3.05, 3.63) is 71.8 Å². The van der Waals surface area contributed by atoms with Crippen molar-refractivity contribution in [1.82, 2.24) is 15.3 Å². The molecular formula is C17H14FN3O2. The van der Waals surface area contributed by atoms with E-state index in [2.05, 4.69) is 15.3 Å². The Morgan fingerprint density at radius 2 is 2.04 bits per heavy atom. The van der Waals surface area contributed by atoms with Gasteiger partial charge in [-0.1, -0.05) is 24.3 Å². The third-order valence-electron chi connectivity index (χ3n) is 3.28. The first-order chi connectivity index (χ1) is 11.1. The Labute approximate surface area is 131 Å². The van der Waals surface area contributed by atoms with Crippen LogP contribution in [0.1, 0.15) is 16.1 Å². The van der Waals surface area contributed by atoms with E-state index in [1.807, 2.05) is 0 Å². The van der Waals surface area contributed by atoms with Crippen LogP contribution in [0.5, 0.6) is 5.75 Å². The fraction of sp³-hybridized carbons (Fsp3) is 0.0588. The van der Waals surface area contributed by atoms with Crippen LogP contribution < -0.4 is 5.32 Å². The summed E-state index contributed by atoms with van der Waals surface area (Å²) in [5.74, 6) is -0.0783. The summed E-state index contributed by atoms with van der Waals surface area (Å²) in [5.41, 5.74) is 1.64. The minimum atomic E-state index is -0.343. The van der Waals surface area contributed by atoms with Crippen molar-refractivity contribution in [1.29, 1.82) is 0 Å². The number of phenolic OH excluding ortho intramolecular Hbond substituents is 1. The molecule has 2 aromatic carbocycles. The molecule has 0 fully saturated rings. The van der Waals surface area contributed by atoms with Crippen molar-refractivity contribution in [2.45, 2.75) is 6.54 Å². The number of phenols is 1. The van der Waals surface area contributed by atoms with Crippen LogP contribution in [-0.4, -0.2) is 21.0 Å². The number of benzene rings is 2. The van der Waals surface area contributed by atoms with Gasteiger partial charge in [0.05, 0.1) is 6.20 Å². The van der Waals surface area contributed by atoms with Crippen LogP contribution in [0, 0.1) is 5.82 Å². The van der Waals surface area contributed by atoms with Gasteiger partial charge in [-0.05, 0) is 29.8 Å². The summed E-state index contributed by atoms with van der Waals surface area (Å²) >= 11 is 0. The third-order valence-corrected chi connectivity index (χ3v) is 3.28. The van der Waals surface area contributed by atoms with E-state index in [-0.39, 0.29) is 24.0 Å². The van der Waals surface area contributed by atoms with E-state index < -0.39 is 0 Å². The number of rotatable bonds is 4. The van der Waals surface area contributed by atoms with Gasteiger partial charge in [0.2, 0.25) is 0 Å². The quantitative estimate of drug-likeness (QED) is 0.693. The zero-order valence-corrected chi connectivity index (χ0v) is 12.1. The minimum Gasteiger partial charge on any atom is -0.508 e. The molecule has 3 rings (SSSR count). The van der Waals surface area contributed by atoms with Crippen molar-refractivity contribution in [2.75, 3.05) is 0 Å². The van der Waals surface area contributed by atoms with E-state index in [4.69, 9.17) is 0 Å². The van der Waals surface area contributed by atoms with Crippen LogP contribution >= 0.6 is 0 Å². The van der Waals surface area contributed by atoms with Crippen LogP contribution in [0.25, 0.3) is 11.4 Å². The number of amides is 1. The average Bonchev–Trinajstić information content (AvgIpc) is 3.03. The molecule has 0 saturated heterocycles. The summed E-state index contributed by atoms with van der Waals surface area (Å²) in [7, 11) is 0. The van der Waals surface area contributed by atoms with E-state index >= 15 is 0 Å². The number of aromatic hydroxyl groups is 1. The molecule has 1 amide bonds. The summed E-state index contributed by atoms with van der Waals surface area (Å²) in [6, 6.07) is 12.6. The topological polar surface area (TPSA) is 78.0 Å². The van der Waals surface area contributed by atoms with E-state index in [9.17, 15) is 14.3 Å². The van der Waals surface area contributed by atoms with E-state index in [1.165, 1.54) is 18.3 Å². The Bertz CT molecular complexity index is 845. The van der Waals surface area contributed by atoms with Crippen LogP contribution in [0.4, 0.5) is 4.39 Å². The number of carbonyl (C=O) groups excluding carboxylic acids is 1. The van der Waals surface area contributed by atoms with E-state index in [1.54, 1.807) is 36.4 Å². The molecule has 0 atom stereocenters. The summed E-state index contributed by atoms with van der Waals surface area (Å²) in [4.78, 5) is 19.1.